The van der Waals surface area contributed by atoms with Gasteiger partial charge in [0.25, 0.3) is 0 Å². The molecule has 12 heteroatoms. The molecule has 0 unspecified atom stereocenters. The van der Waals surface area contributed by atoms with Crippen molar-refractivity contribution in [1.29, 1.82) is 0 Å². The van der Waals surface area contributed by atoms with E-state index in [0.717, 1.165) is 41.0 Å². The van der Waals surface area contributed by atoms with Crippen molar-refractivity contribution in [2.24, 2.45) is 7.05 Å². The third kappa shape index (κ3) is 4.91. The van der Waals surface area contributed by atoms with E-state index in [0.29, 0.717) is 35.1 Å². The Balaban J connectivity index is 1.21. The number of carbonyl (C=O) groups is 1. The lowest BCUT2D eigenvalue weighted by molar-refractivity contribution is -0.117. The first kappa shape index (κ1) is 24.2. The number of carbonyl (C=O) groups excluding carboxylic acids is 1. The summed E-state index contributed by atoms with van der Waals surface area (Å²) in [6.07, 6.45) is 5.26. The Kier molecular flexibility index (Phi) is 6.19. The molecule has 2 N–H and O–H groups in total. The minimum atomic E-state index is -0.181. The summed E-state index contributed by atoms with van der Waals surface area (Å²) in [4.78, 5) is 31.7. The number of aromatic nitrogens is 7. The molecule has 1 fully saturated rings. The molecular weight excluding hydrogens is 496 g/mol. The minimum Gasteiger partial charge on any atom is -0.457 e. The fraction of sp³-hybridized carbons (Fsp3) is 0.222. The first-order valence-electron chi connectivity index (χ1n) is 12.5. The van der Waals surface area contributed by atoms with Gasteiger partial charge in [0.1, 0.15) is 34.4 Å². The summed E-state index contributed by atoms with van der Waals surface area (Å²) >= 11 is 0. The third-order valence-corrected chi connectivity index (χ3v) is 6.62. The Labute approximate surface area is 223 Å². The molecule has 1 aliphatic rings. The van der Waals surface area contributed by atoms with Crippen LogP contribution in [0.3, 0.4) is 0 Å². The van der Waals surface area contributed by atoms with Crippen LogP contribution < -0.4 is 20.3 Å². The highest BCUT2D eigenvalue weighted by atomic mass is 16.5. The Morgan fingerprint density at radius 3 is 2.90 bits per heavy atom. The van der Waals surface area contributed by atoms with E-state index >= 15 is 0 Å². The molecule has 196 valence electrons. The quantitative estimate of drug-likeness (QED) is 0.306. The second-order valence-electron chi connectivity index (χ2n) is 9.34. The predicted octanol–water partition coefficient (Wildman–Crippen LogP) is 3.43. The third-order valence-electron chi connectivity index (χ3n) is 6.62. The SMILES string of the molecule is C=CC(=O)N[C@@H]1CCN(c2ncc3ncnc(Nc4ccc(Oc5ccc6c(c5)nnn6C)c(C)c4)c3n2)C1. The van der Waals surface area contributed by atoms with Crippen LogP contribution in [0.1, 0.15) is 12.0 Å². The Morgan fingerprint density at radius 1 is 1.15 bits per heavy atom. The highest BCUT2D eigenvalue weighted by Crippen LogP contribution is 2.31. The molecule has 0 aliphatic carbocycles. The number of aryl methyl sites for hydroxylation is 2. The number of benzene rings is 2. The number of anilines is 3. The van der Waals surface area contributed by atoms with Crippen LogP contribution >= 0.6 is 0 Å². The van der Waals surface area contributed by atoms with Crippen LogP contribution in [0, 0.1) is 6.92 Å². The average Bonchev–Trinajstić information content (AvgIpc) is 3.56. The molecular formula is C27H26N10O2. The lowest BCUT2D eigenvalue weighted by Gasteiger charge is -2.17. The van der Waals surface area contributed by atoms with E-state index in [4.69, 9.17) is 9.72 Å². The number of fused-ring (bicyclic) bond motifs is 2. The monoisotopic (exact) mass is 522 g/mol. The van der Waals surface area contributed by atoms with E-state index in [1.165, 1.54) is 12.4 Å². The lowest BCUT2D eigenvalue weighted by atomic mass is 10.2. The van der Waals surface area contributed by atoms with Crippen molar-refractivity contribution >= 4 is 45.4 Å². The van der Waals surface area contributed by atoms with Gasteiger partial charge in [-0.1, -0.05) is 11.8 Å². The van der Waals surface area contributed by atoms with Gasteiger partial charge in [0.15, 0.2) is 5.82 Å². The van der Waals surface area contributed by atoms with Crippen molar-refractivity contribution in [3.8, 4) is 11.5 Å². The molecule has 0 bridgehead atoms. The summed E-state index contributed by atoms with van der Waals surface area (Å²) in [7, 11) is 1.85. The van der Waals surface area contributed by atoms with E-state index in [1.807, 2.05) is 55.3 Å². The van der Waals surface area contributed by atoms with Crippen LogP contribution in [0.25, 0.3) is 22.1 Å². The van der Waals surface area contributed by atoms with Crippen LogP contribution in [0.4, 0.5) is 17.5 Å². The zero-order valence-electron chi connectivity index (χ0n) is 21.5. The largest absolute Gasteiger partial charge is 0.457 e. The molecule has 4 heterocycles. The van der Waals surface area contributed by atoms with Gasteiger partial charge in [-0.15, -0.1) is 5.10 Å². The number of amides is 1. The Hall–Kier alpha value is -5.13. The molecule has 6 rings (SSSR count). The first-order valence-corrected chi connectivity index (χ1v) is 12.5. The molecule has 0 saturated carbocycles. The van der Waals surface area contributed by atoms with Crippen LogP contribution in [0.15, 0.2) is 61.6 Å². The summed E-state index contributed by atoms with van der Waals surface area (Å²) in [6.45, 7) is 6.84. The highest BCUT2D eigenvalue weighted by Gasteiger charge is 2.25. The van der Waals surface area contributed by atoms with E-state index in [2.05, 4.69) is 42.5 Å². The molecule has 0 spiro atoms. The number of rotatable bonds is 7. The van der Waals surface area contributed by atoms with Gasteiger partial charge in [0, 0.05) is 37.9 Å². The van der Waals surface area contributed by atoms with Gasteiger partial charge >= 0.3 is 0 Å². The summed E-state index contributed by atoms with van der Waals surface area (Å²) in [5.41, 5.74) is 4.72. The molecule has 1 atom stereocenters. The smallest absolute Gasteiger partial charge is 0.243 e. The van der Waals surface area contributed by atoms with Crippen LogP contribution in [-0.4, -0.2) is 60.0 Å². The molecule has 12 nitrogen and oxygen atoms in total. The molecule has 2 aromatic carbocycles. The summed E-state index contributed by atoms with van der Waals surface area (Å²) in [6, 6.07) is 11.5. The van der Waals surface area contributed by atoms with Crippen LogP contribution in [0.2, 0.25) is 0 Å². The van der Waals surface area contributed by atoms with Crippen molar-refractivity contribution in [3.63, 3.8) is 0 Å². The number of hydrogen-bond acceptors (Lipinski definition) is 10. The van der Waals surface area contributed by atoms with Crippen LogP contribution in [-0.2, 0) is 11.8 Å². The number of nitrogens with one attached hydrogen (secondary N) is 2. The number of nitrogens with zero attached hydrogens (tertiary/aromatic N) is 8. The Bertz CT molecular complexity index is 1720. The highest BCUT2D eigenvalue weighted by molar-refractivity contribution is 5.88. The fourth-order valence-corrected chi connectivity index (χ4v) is 4.60. The van der Waals surface area contributed by atoms with Gasteiger partial charge < -0.3 is 20.3 Å². The van der Waals surface area contributed by atoms with Crippen molar-refractivity contribution < 1.29 is 9.53 Å². The summed E-state index contributed by atoms with van der Waals surface area (Å²) in [5, 5.41) is 14.5. The van der Waals surface area contributed by atoms with E-state index in [9.17, 15) is 4.79 Å². The predicted molar refractivity (Wildman–Crippen MR) is 147 cm³/mol. The normalized spacial score (nSPS) is 15.0. The van der Waals surface area contributed by atoms with Crippen molar-refractivity contribution in [3.05, 3.63) is 67.1 Å². The molecule has 1 amide bonds. The van der Waals surface area contributed by atoms with Gasteiger partial charge in [-0.3, -0.25) is 4.79 Å². The van der Waals surface area contributed by atoms with Crippen molar-refractivity contribution in [1.82, 2.24) is 40.2 Å². The maximum absolute atomic E-state index is 11.7. The van der Waals surface area contributed by atoms with Crippen molar-refractivity contribution in [2.45, 2.75) is 19.4 Å². The second-order valence-corrected chi connectivity index (χ2v) is 9.34. The standard InChI is InChI=1S/C27H26N10O2/c1-4-24(38)31-18-9-10-37(14-18)27-28-13-21-25(33-27)26(30-15-29-21)32-17-5-8-23(16(2)11-17)39-19-6-7-22-20(12-19)34-35-36(22)3/h4-8,11-13,15,18H,1,9-10,14H2,2-3H3,(H,31,38)(H,29,30,32)/t18-/m1/s1. The lowest BCUT2D eigenvalue weighted by Crippen LogP contribution is -2.36. The average molecular weight is 523 g/mol. The van der Waals surface area contributed by atoms with Gasteiger partial charge in [0.2, 0.25) is 11.9 Å². The molecule has 1 aliphatic heterocycles. The van der Waals surface area contributed by atoms with E-state index in [-0.39, 0.29) is 11.9 Å². The molecule has 0 radical (unpaired) electrons. The molecule has 39 heavy (non-hydrogen) atoms. The first-order chi connectivity index (χ1) is 19.0. The molecule has 3 aromatic heterocycles. The van der Waals surface area contributed by atoms with Gasteiger partial charge in [-0.2, -0.15) is 0 Å². The maximum Gasteiger partial charge on any atom is 0.243 e. The zero-order valence-corrected chi connectivity index (χ0v) is 21.5. The van der Waals surface area contributed by atoms with Crippen molar-refractivity contribution in [2.75, 3.05) is 23.3 Å². The summed E-state index contributed by atoms with van der Waals surface area (Å²) in [5.74, 6) is 2.37. The molecule has 5 aromatic rings. The maximum atomic E-state index is 11.7. The van der Waals surface area contributed by atoms with E-state index < -0.39 is 0 Å². The molecule has 1 saturated heterocycles. The number of hydrogen-bond donors (Lipinski definition) is 2. The Morgan fingerprint density at radius 2 is 2.05 bits per heavy atom. The zero-order chi connectivity index (χ0) is 26.9. The van der Waals surface area contributed by atoms with Gasteiger partial charge in [-0.05, 0) is 55.3 Å². The fourth-order valence-electron chi connectivity index (χ4n) is 4.60. The summed E-state index contributed by atoms with van der Waals surface area (Å²) < 4.78 is 7.85. The number of ether oxygens (including phenoxy) is 1. The topological polar surface area (TPSA) is 136 Å². The minimum absolute atomic E-state index is 0.0191. The van der Waals surface area contributed by atoms with Gasteiger partial charge in [-0.25, -0.2) is 24.6 Å². The van der Waals surface area contributed by atoms with Gasteiger partial charge in [0.05, 0.1) is 11.7 Å². The second kappa shape index (κ2) is 9.97. The van der Waals surface area contributed by atoms with E-state index in [1.54, 1.807) is 10.9 Å². The van der Waals surface area contributed by atoms with Crippen LogP contribution in [0.5, 0.6) is 11.5 Å².